The maximum atomic E-state index is 14.0. The molecule has 1 aliphatic heterocycles. The van der Waals surface area contributed by atoms with Gasteiger partial charge < -0.3 is 34.3 Å². The van der Waals surface area contributed by atoms with Gasteiger partial charge in [-0.15, -0.1) is 0 Å². The first-order chi connectivity index (χ1) is 24.6. The number of carbonyl (C=O) groups excluding carboxylic acids is 3. The van der Waals surface area contributed by atoms with Crippen LogP contribution in [0.1, 0.15) is 128 Å². The zero-order valence-corrected chi connectivity index (χ0v) is 34.6. The van der Waals surface area contributed by atoms with Crippen LogP contribution in [0.3, 0.4) is 0 Å². The molecular formula is C43H70O10. The van der Waals surface area contributed by atoms with Crippen LogP contribution < -0.4 is 0 Å². The first kappa shape index (κ1) is 43.5. The van der Waals surface area contributed by atoms with Crippen LogP contribution in [-0.4, -0.2) is 83.1 Å². The molecule has 0 unspecified atom stereocenters. The zero-order chi connectivity index (χ0) is 39.8. The number of allylic oxidation sites excluding steroid dienone is 2. The van der Waals surface area contributed by atoms with Crippen molar-refractivity contribution < 1.29 is 48.7 Å². The Morgan fingerprint density at radius 2 is 1.58 bits per heavy atom. The summed E-state index contributed by atoms with van der Waals surface area (Å²) in [7, 11) is 1.35. The highest BCUT2D eigenvalue weighted by Crippen LogP contribution is 2.72. The van der Waals surface area contributed by atoms with Gasteiger partial charge in [0.05, 0.1) is 25.4 Å². The van der Waals surface area contributed by atoms with Gasteiger partial charge in [0.2, 0.25) is 0 Å². The van der Waals surface area contributed by atoms with Crippen molar-refractivity contribution in [1.82, 2.24) is 0 Å². The number of hydrogen-bond donors (Lipinski definition) is 3. The van der Waals surface area contributed by atoms with E-state index in [2.05, 4.69) is 46.8 Å². The van der Waals surface area contributed by atoms with Gasteiger partial charge in [0, 0.05) is 17.8 Å². The number of methoxy groups -OCH3 is 1. The molecule has 0 spiro atoms. The smallest absolute Gasteiger partial charge is 0.335 e. The number of aliphatic hydroxyl groups excluding tert-OH is 2. The first-order valence-electron chi connectivity index (χ1n) is 20.1. The highest BCUT2D eigenvalue weighted by molar-refractivity contribution is 5.76. The van der Waals surface area contributed by atoms with Crippen LogP contribution in [-0.2, 0) is 33.3 Å². The SMILES string of the molecule is CC[C@@H](C)[C@@H](O)C(=O)O[C@@H]1C[C@]2(C)C(=CC[C@H]2[C@H]2CO[C@H](C=C(C)C)C2)[C@@]2(C)[C@H]1[C@@](C)(CCC(=O)OC)[C@H](C(C)(C)O)C[C@H]2OC(=O)[C@H](O)[C@H](C)CC. The predicted molar refractivity (Wildman–Crippen MR) is 202 cm³/mol. The van der Waals surface area contributed by atoms with Gasteiger partial charge in [-0.1, -0.05) is 84.6 Å². The minimum atomic E-state index is -1.34. The average molecular weight is 747 g/mol. The van der Waals surface area contributed by atoms with Crippen molar-refractivity contribution >= 4 is 17.9 Å². The number of ether oxygens (including phenoxy) is 4. The Morgan fingerprint density at radius 3 is 2.11 bits per heavy atom. The summed E-state index contributed by atoms with van der Waals surface area (Å²) in [6, 6.07) is 0. The number of hydrogen-bond acceptors (Lipinski definition) is 10. The molecule has 4 rings (SSSR count). The van der Waals surface area contributed by atoms with Crippen molar-refractivity contribution in [2.45, 2.75) is 164 Å². The van der Waals surface area contributed by atoms with Gasteiger partial charge in [0.1, 0.15) is 12.2 Å². The van der Waals surface area contributed by atoms with E-state index in [1.165, 1.54) is 12.7 Å². The van der Waals surface area contributed by atoms with E-state index in [1.807, 2.05) is 27.7 Å². The lowest BCUT2D eigenvalue weighted by molar-refractivity contribution is -0.242. The van der Waals surface area contributed by atoms with Gasteiger partial charge in [-0.05, 0) is 100 Å². The molecule has 10 heteroatoms. The summed E-state index contributed by atoms with van der Waals surface area (Å²) >= 11 is 0. The minimum absolute atomic E-state index is 0.0171. The largest absolute Gasteiger partial charge is 0.469 e. The number of aliphatic hydroxyl groups is 3. The molecule has 0 bridgehead atoms. The molecule has 302 valence electrons. The Bertz CT molecular complexity index is 1390. The lowest BCUT2D eigenvalue weighted by Gasteiger charge is -2.67. The van der Waals surface area contributed by atoms with Gasteiger partial charge in [0.25, 0.3) is 0 Å². The zero-order valence-electron chi connectivity index (χ0n) is 34.6. The van der Waals surface area contributed by atoms with E-state index in [-0.39, 0.29) is 48.6 Å². The third-order valence-corrected chi connectivity index (χ3v) is 14.3. The van der Waals surface area contributed by atoms with E-state index in [0.29, 0.717) is 32.3 Å². The summed E-state index contributed by atoms with van der Waals surface area (Å²) < 4.78 is 24.5. The Balaban J connectivity index is 1.94. The Hall–Kier alpha value is -2.27. The number of esters is 3. The fourth-order valence-electron chi connectivity index (χ4n) is 11.2. The van der Waals surface area contributed by atoms with E-state index < -0.39 is 70.0 Å². The maximum Gasteiger partial charge on any atom is 0.335 e. The summed E-state index contributed by atoms with van der Waals surface area (Å²) in [6.07, 6.45) is 4.15. The highest BCUT2D eigenvalue weighted by Gasteiger charge is 2.71. The van der Waals surface area contributed by atoms with Crippen molar-refractivity contribution in [3.05, 3.63) is 23.3 Å². The van der Waals surface area contributed by atoms with Crippen molar-refractivity contribution in [2.24, 2.45) is 51.8 Å². The fraction of sp³-hybridized carbons (Fsp3) is 0.837. The molecule has 1 saturated heterocycles. The summed E-state index contributed by atoms with van der Waals surface area (Å²) in [5.41, 5.74) is -1.26. The van der Waals surface area contributed by atoms with Crippen molar-refractivity contribution in [3.8, 4) is 0 Å². The molecule has 0 radical (unpaired) electrons. The molecule has 4 aliphatic rings. The number of rotatable bonds is 14. The van der Waals surface area contributed by atoms with Gasteiger partial charge in [0.15, 0.2) is 12.2 Å². The van der Waals surface area contributed by atoms with E-state index in [1.54, 1.807) is 13.8 Å². The monoisotopic (exact) mass is 746 g/mol. The van der Waals surface area contributed by atoms with Crippen molar-refractivity contribution in [3.63, 3.8) is 0 Å². The molecule has 0 amide bonds. The Kier molecular flexibility index (Phi) is 13.5. The van der Waals surface area contributed by atoms with Crippen LogP contribution in [0.5, 0.6) is 0 Å². The second kappa shape index (κ2) is 16.4. The van der Waals surface area contributed by atoms with Crippen LogP contribution in [0, 0.1) is 51.8 Å². The van der Waals surface area contributed by atoms with Gasteiger partial charge >= 0.3 is 17.9 Å². The third-order valence-electron chi connectivity index (χ3n) is 14.3. The normalized spacial score (nSPS) is 37.6. The van der Waals surface area contributed by atoms with E-state index in [9.17, 15) is 29.7 Å². The molecule has 0 aromatic rings. The highest BCUT2D eigenvalue weighted by atomic mass is 16.6. The van der Waals surface area contributed by atoms with Crippen LogP contribution in [0.15, 0.2) is 23.3 Å². The quantitative estimate of drug-likeness (QED) is 0.0994. The predicted octanol–water partition coefficient (Wildman–Crippen LogP) is 6.72. The Labute approximate surface area is 318 Å². The van der Waals surface area contributed by atoms with Gasteiger partial charge in [-0.25, -0.2) is 9.59 Å². The lowest BCUT2D eigenvalue weighted by atomic mass is 9.39. The molecule has 3 N–H and O–H groups in total. The van der Waals surface area contributed by atoms with E-state index in [4.69, 9.17) is 18.9 Å². The summed E-state index contributed by atoms with van der Waals surface area (Å²) in [5, 5.41) is 34.2. The topological polar surface area (TPSA) is 149 Å². The van der Waals surface area contributed by atoms with Crippen LogP contribution in [0.25, 0.3) is 0 Å². The lowest BCUT2D eigenvalue weighted by Crippen LogP contribution is -2.68. The van der Waals surface area contributed by atoms with Crippen molar-refractivity contribution in [2.75, 3.05) is 13.7 Å². The molecule has 10 nitrogen and oxygen atoms in total. The van der Waals surface area contributed by atoms with Crippen molar-refractivity contribution in [1.29, 1.82) is 0 Å². The molecule has 0 aromatic heterocycles. The third kappa shape index (κ3) is 8.31. The number of fused-ring (bicyclic) bond motifs is 3. The second-order valence-corrected chi connectivity index (χ2v) is 18.5. The van der Waals surface area contributed by atoms with Crippen LogP contribution in [0.4, 0.5) is 0 Å². The standard InChI is InChI=1S/C43H70O10/c1-13-25(5)35(45)38(47)52-30-22-42(10)29(27-20-28(51-23-27)19-24(3)4)15-16-31(42)43(11)33(53-39(48)36(46)26(6)14-2)21-32(40(7,8)49)41(9,37(30)43)18-17-34(44)50-12/h16,19,25-30,32-33,35-37,45-46,49H,13-15,17-18,20-23H2,1-12H3/t25-,26-,27-,28-,29+,30-,32+,33-,35-,36-,37-,41+,42+,43-/m1/s1. The van der Waals surface area contributed by atoms with E-state index >= 15 is 0 Å². The summed E-state index contributed by atoms with van der Waals surface area (Å²) in [5.74, 6) is -3.17. The van der Waals surface area contributed by atoms with E-state index in [0.717, 1.165) is 18.4 Å². The van der Waals surface area contributed by atoms with Crippen LogP contribution >= 0.6 is 0 Å². The Morgan fingerprint density at radius 1 is 1.00 bits per heavy atom. The average Bonchev–Trinajstić information content (AvgIpc) is 3.69. The fourth-order valence-corrected chi connectivity index (χ4v) is 11.2. The molecule has 14 atom stereocenters. The van der Waals surface area contributed by atoms with Gasteiger partial charge in [-0.3, -0.25) is 4.79 Å². The number of carbonyl (C=O) groups is 3. The maximum absolute atomic E-state index is 14.0. The molecule has 3 aliphatic carbocycles. The van der Waals surface area contributed by atoms with Crippen LogP contribution in [0.2, 0.25) is 0 Å². The molecular weight excluding hydrogens is 676 g/mol. The molecule has 1 heterocycles. The molecule has 2 saturated carbocycles. The second-order valence-electron chi connectivity index (χ2n) is 18.5. The molecule has 0 aromatic carbocycles. The minimum Gasteiger partial charge on any atom is -0.469 e. The summed E-state index contributed by atoms with van der Waals surface area (Å²) in [6.45, 7) is 22.1. The molecule has 3 fully saturated rings. The molecule has 53 heavy (non-hydrogen) atoms. The first-order valence-corrected chi connectivity index (χ1v) is 20.1. The van der Waals surface area contributed by atoms with Gasteiger partial charge in [-0.2, -0.15) is 0 Å². The summed E-state index contributed by atoms with van der Waals surface area (Å²) in [4.78, 5) is 40.7.